The summed E-state index contributed by atoms with van der Waals surface area (Å²) >= 11 is 0. The smallest absolute Gasteiger partial charge is 0.230 e. The molecule has 0 bridgehead atoms. The molecular weight excluding hydrogens is 257 g/mol. The molecule has 0 aliphatic heterocycles. The van der Waals surface area contributed by atoms with Gasteiger partial charge in [-0.15, -0.1) is 0 Å². The molecule has 1 aromatic rings. The zero-order valence-corrected chi connectivity index (χ0v) is 12.6. The molecule has 0 aliphatic rings. The Morgan fingerprint density at radius 2 is 1.95 bits per heavy atom. The number of benzene rings is 1. The molecule has 0 heterocycles. The minimum absolute atomic E-state index is 0.159. The number of hydrogen-bond donors (Lipinski definition) is 2. The quantitative estimate of drug-likeness (QED) is 0.842. The summed E-state index contributed by atoms with van der Waals surface area (Å²) in [6.07, 6.45) is 0.0587. The van der Waals surface area contributed by atoms with Crippen molar-refractivity contribution in [1.82, 2.24) is 5.32 Å². The summed E-state index contributed by atoms with van der Waals surface area (Å²) in [6, 6.07) is 6.30. The van der Waals surface area contributed by atoms with E-state index in [-0.39, 0.29) is 17.6 Å². The second-order valence-corrected chi connectivity index (χ2v) is 5.96. The lowest BCUT2D eigenvalue weighted by atomic mass is 9.83. The van der Waals surface area contributed by atoms with Gasteiger partial charge in [-0.1, -0.05) is 32.0 Å². The van der Waals surface area contributed by atoms with Gasteiger partial charge in [0, 0.05) is 12.1 Å². The summed E-state index contributed by atoms with van der Waals surface area (Å²) in [5.41, 5.74) is -0.560. The van der Waals surface area contributed by atoms with Crippen molar-refractivity contribution in [3.05, 3.63) is 35.6 Å². The van der Waals surface area contributed by atoms with Crippen LogP contribution in [-0.4, -0.2) is 23.7 Å². The number of hydrogen-bond acceptors (Lipinski definition) is 2. The maximum Gasteiger partial charge on any atom is 0.230 e. The lowest BCUT2D eigenvalue weighted by Gasteiger charge is -2.25. The third kappa shape index (κ3) is 4.04. The number of nitrogens with one attached hydrogen (secondary N) is 1. The fourth-order valence-electron chi connectivity index (χ4n) is 1.98. The number of rotatable bonds is 6. The fourth-order valence-corrected chi connectivity index (χ4v) is 1.98. The number of aliphatic hydroxyl groups excluding tert-OH is 1. The van der Waals surface area contributed by atoms with Gasteiger partial charge in [-0.05, 0) is 32.3 Å². The molecule has 1 amide bonds. The Bertz CT molecular complexity index is 458. The van der Waals surface area contributed by atoms with Crippen LogP contribution < -0.4 is 5.32 Å². The number of halogens is 1. The molecule has 1 unspecified atom stereocenters. The average molecular weight is 281 g/mol. The van der Waals surface area contributed by atoms with Gasteiger partial charge in [0.1, 0.15) is 5.82 Å². The Morgan fingerprint density at radius 1 is 1.35 bits per heavy atom. The Morgan fingerprint density at radius 3 is 2.50 bits per heavy atom. The van der Waals surface area contributed by atoms with Gasteiger partial charge in [-0.2, -0.15) is 0 Å². The van der Waals surface area contributed by atoms with Gasteiger partial charge in [0.25, 0.3) is 0 Å². The van der Waals surface area contributed by atoms with Crippen LogP contribution in [0.25, 0.3) is 0 Å². The lowest BCUT2D eigenvalue weighted by Crippen LogP contribution is -2.41. The van der Waals surface area contributed by atoms with E-state index in [1.165, 1.54) is 6.07 Å². The largest absolute Gasteiger partial charge is 0.393 e. The average Bonchev–Trinajstić information content (AvgIpc) is 2.38. The van der Waals surface area contributed by atoms with Gasteiger partial charge in [-0.25, -0.2) is 4.39 Å². The summed E-state index contributed by atoms with van der Waals surface area (Å²) in [4.78, 5) is 12.2. The highest BCUT2D eigenvalue weighted by atomic mass is 19.1. The van der Waals surface area contributed by atoms with E-state index in [2.05, 4.69) is 5.32 Å². The normalized spacial score (nSPS) is 13.3. The minimum Gasteiger partial charge on any atom is -0.393 e. The second-order valence-electron chi connectivity index (χ2n) is 5.96. The monoisotopic (exact) mass is 281 g/mol. The van der Waals surface area contributed by atoms with Gasteiger partial charge < -0.3 is 10.4 Å². The molecule has 1 rings (SSSR count). The van der Waals surface area contributed by atoms with Gasteiger partial charge >= 0.3 is 0 Å². The van der Waals surface area contributed by atoms with Crippen molar-refractivity contribution >= 4 is 5.91 Å². The Hall–Kier alpha value is -1.42. The van der Waals surface area contributed by atoms with E-state index in [1.54, 1.807) is 32.0 Å². The van der Waals surface area contributed by atoms with Crippen LogP contribution in [0.5, 0.6) is 0 Å². The van der Waals surface area contributed by atoms with Crippen molar-refractivity contribution in [2.45, 2.75) is 45.6 Å². The van der Waals surface area contributed by atoms with E-state index >= 15 is 0 Å². The molecule has 0 aromatic heterocycles. The maximum atomic E-state index is 13.8. The predicted octanol–water partition coefficient (Wildman–Crippen LogP) is 2.63. The lowest BCUT2D eigenvalue weighted by molar-refractivity contribution is -0.125. The molecule has 0 radical (unpaired) electrons. The molecule has 1 atom stereocenters. The number of aliphatic hydroxyl groups is 1. The first-order valence-corrected chi connectivity index (χ1v) is 6.98. The summed E-state index contributed by atoms with van der Waals surface area (Å²) in [5.74, 6) is -0.458. The van der Waals surface area contributed by atoms with E-state index in [1.807, 2.05) is 13.8 Å². The molecular formula is C16H24FNO2. The minimum atomic E-state index is -0.936. The van der Waals surface area contributed by atoms with Crippen LogP contribution >= 0.6 is 0 Å². The van der Waals surface area contributed by atoms with Crippen LogP contribution in [0.4, 0.5) is 4.39 Å². The van der Waals surface area contributed by atoms with E-state index in [4.69, 9.17) is 0 Å². The van der Waals surface area contributed by atoms with Crippen molar-refractivity contribution in [3.63, 3.8) is 0 Å². The van der Waals surface area contributed by atoms with Gasteiger partial charge in [-0.3, -0.25) is 4.79 Å². The Balaban J connectivity index is 2.65. The predicted molar refractivity (Wildman–Crippen MR) is 77.9 cm³/mol. The summed E-state index contributed by atoms with van der Waals surface area (Å²) in [6.45, 7) is 7.63. The molecule has 0 saturated heterocycles. The molecule has 4 heteroatoms. The summed E-state index contributed by atoms with van der Waals surface area (Å²) in [5, 5.41) is 12.5. The Kier molecular flexibility index (Phi) is 5.69. The third-order valence-corrected chi connectivity index (χ3v) is 3.61. The molecule has 3 nitrogen and oxygen atoms in total. The molecule has 0 aliphatic carbocycles. The first-order valence-electron chi connectivity index (χ1n) is 6.98. The number of amides is 1. The van der Waals surface area contributed by atoms with Crippen molar-refractivity contribution in [1.29, 1.82) is 0 Å². The van der Waals surface area contributed by atoms with Gasteiger partial charge in [0.05, 0.1) is 11.5 Å². The first-order chi connectivity index (χ1) is 9.26. The second kappa shape index (κ2) is 6.84. The molecule has 112 valence electrons. The molecule has 0 saturated carbocycles. The van der Waals surface area contributed by atoms with Crippen LogP contribution in [-0.2, 0) is 10.2 Å². The van der Waals surface area contributed by atoms with Crippen molar-refractivity contribution in [2.75, 3.05) is 6.54 Å². The molecule has 0 spiro atoms. The molecule has 1 aromatic carbocycles. The van der Waals surface area contributed by atoms with Crippen molar-refractivity contribution in [2.24, 2.45) is 5.92 Å². The fraction of sp³-hybridized carbons (Fsp3) is 0.562. The van der Waals surface area contributed by atoms with Crippen LogP contribution in [0.1, 0.15) is 39.7 Å². The standard InChI is InChI=1S/C16H24FNO2/c1-11(2)14(19)9-10-18-15(20)16(3,4)12-7-5-6-8-13(12)17/h5-8,11,14,19H,9-10H2,1-4H3,(H,18,20). The van der Waals surface area contributed by atoms with Crippen LogP contribution in [0, 0.1) is 11.7 Å². The van der Waals surface area contributed by atoms with Crippen molar-refractivity contribution < 1.29 is 14.3 Å². The van der Waals surface area contributed by atoms with E-state index in [9.17, 15) is 14.3 Å². The maximum absolute atomic E-state index is 13.8. The number of carbonyl (C=O) groups is 1. The summed E-state index contributed by atoms with van der Waals surface area (Å²) in [7, 11) is 0. The zero-order chi connectivity index (χ0) is 15.3. The zero-order valence-electron chi connectivity index (χ0n) is 12.6. The molecule has 20 heavy (non-hydrogen) atoms. The Labute approximate surface area is 120 Å². The highest BCUT2D eigenvalue weighted by Crippen LogP contribution is 2.25. The highest BCUT2D eigenvalue weighted by Gasteiger charge is 2.31. The van der Waals surface area contributed by atoms with Crippen LogP contribution in [0.3, 0.4) is 0 Å². The topological polar surface area (TPSA) is 49.3 Å². The van der Waals surface area contributed by atoms with E-state index < -0.39 is 11.5 Å². The highest BCUT2D eigenvalue weighted by molar-refractivity contribution is 5.87. The van der Waals surface area contributed by atoms with Gasteiger partial charge in [0.2, 0.25) is 5.91 Å². The third-order valence-electron chi connectivity index (χ3n) is 3.61. The van der Waals surface area contributed by atoms with Crippen molar-refractivity contribution in [3.8, 4) is 0 Å². The SMILES string of the molecule is CC(C)C(O)CCNC(=O)C(C)(C)c1ccccc1F. The van der Waals surface area contributed by atoms with E-state index in [0.29, 0.717) is 18.5 Å². The summed E-state index contributed by atoms with van der Waals surface area (Å²) < 4.78 is 13.8. The van der Waals surface area contributed by atoms with E-state index in [0.717, 1.165) is 0 Å². The molecule has 0 fully saturated rings. The van der Waals surface area contributed by atoms with Crippen LogP contribution in [0.2, 0.25) is 0 Å². The van der Waals surface area contributed by atoms with Crippen LogP contribution in [0.15, 0.2) is 24.3 Å². The first kappa shape index (κ1) is 16.6. The molecule has 2 N–H and O–H groups in total. The van der Waals surface area contributed by atoms with Gasteiger partial charge in [0.15, 0.2) is 0 Å². The number of carbonyl (C=O) groups excluding carboxylic acids is 1.